The summed E-state index contributed by atoms with van der Waals surface area (Å²) in [4.78, 5) is 8.92. The fraction of sp³-hybridized carbons (Fsp3) is 0.143. The second kappa shape index (κ2) is 4.85. The maximum absolute atomic E-state index is 5.23. The van der Waals surface area contributed by atoms with Crippen LogP contribution in [0.5, 0.6) is 5.75 Å². The molecule has 0 aliphatic heterocycles. The second-order valence-electron chi connectivity index (χ2n) is 4.03. The van der Waals surface area contributed by atoms with Crippen molar-refractivity contribution in [1.29, 1.82) is 0 Å². The van der Waals surface area contributed by atoms with Gasteiger partial charge in [0.2, 0.25) is 0 Å². The Morgan fingerprint density at radius 2 is 2.11 bits per heavy atom. The van der Waals surface area contributed by atoms with E-state index in [2.05, 4.69) is 15.3 Å². The van der Waals surface area contributed by atoms with Crippen molar-refractivity contribution < 1.29 is 4.74 Å². The first kappa shape index (κ1) is 11.9. The predicted molar refractivity (Wildman–Crippen MR) is 78.9 cm³/mol. The number of hydrogen-bond acceptors (Lipinski definition) is 5. The Bertz CT molecular complexity index is 706. The summed E-state index contributed by atoms with van der Waals surface area (Å²) >= 11 is 1.64. The number of pyridine rings is 1. The summed E-state index contributed by atoms with van der Waals surface area (Å²) in [6.45, 7) is 0. The molecule has 0 spiro atoms. The largest absolute Gasteiger partial charge is 0.497 e. The van der Waals surface area contributed by atoms with Crippen molar-refractivity contribution in [1.82, 2.24) is 9.97 Å². The van der Waals surface area contributed by atoms with Gasteiger partial charge in [0, 0.05) is 18.8 Å². The molecule has 0 aliphatic rings. The molecule has 0 amide bonds. The lowest BCUT2D eigenvalue weighted by Gasteiger charge is -1.99. The van der Waals surface area contributed by atoms with E-state index in [1.807, 2.05) is 43.6 Å². The molecule has 0 radical (unpaired) electrons. The summed E-state index contributed by atoms with van der Waals surface area (Å²) in [6.07, 6.45) is 1.83. The molecule has 0 unspecified atom stereocenters. The minimum Gasteiger partial charge on any atom is -0.497 e. The Hall–Kier alpha value is -2.14. The van der Waals surface area contributed by atoms with E-state index in [4.69, 9.17) is 4.74 Å². The first-order valence-electron chi connectivity index (χ1n) is 5.89. The van der Waals surface area contributed by atoms with Gasteiger partial charge in [-0.05, 0) is 30.3 Å². The van der Waals surface area contributed by atoms with Crippen LogP contribution in [0.25, 0.3) is 20.8 Å². The molecule has 0 saturated carbocycles. The zero-order valence-electron chi connectivity index (χ0n) is 10.7. The summed E-state index contributed by atoms with van der Waals surface area (Å²) in [7, 11) is 3.52. The highest BCUT2D eigenvalue weighted by Crippen LogP contribution is 2.32. The van der Waals surface area contributed by atoms with E-state index < -0.39 is 0 Å². The van der Waals surface area contributed by atoms with Gasteiger partial charge < -0.3 is 10.1 Å². The number of anilines is 1. The number of methoxy groups -OCH3 is 1. The van der Waals surface area contributed by atoms with Crippen molar-refractivity contribution in [3.63, 3.8) is 0 Å². The summed E-state index contributed by atoms with van der Waals surface area (Å²) < 4.78 is 6.34. The lowest BCUT2D eigenvalue weighted by molar-refractivity contribution is 0.415. The molecule has 0 bridgehead atoms. The fourth-order valence-electron chi connectivity index (χ4n) is 1.82. The normalized spacial score (nSPS) is 10.6. The number of aromatic nitrogens is 2. The van der Waals surface area contributed by atoms with Gasteiger partial charge in [0.25, 0.3) is 0 Å². The molecular formula is C14H13N3OS. The van der Waals surface area contributed by atoms with E-state index in [1.54, 1.807) is 18.4 Å². The monoisotopic (exact) mass is 271 g/mol. The van der Waals surface area contributed by atoms with Crippen LogP contribution in [0.3, 0.4) is 0 Å². The van der Waals surface area contributed by atoms with Crippen LogP contribution < -0.4 is 10.1 Å². The SMILES string of the molecule is CNc1ccc(-c2nc3ccc(OC)cc3s2)cn1. The van der Waals surface area contributed by atoms with E-state index in [0.29, 0.717) is 0 Å². The standard InChI is InChI=1S/C14H13N3OS/c1-15-13-6-3-9(8-16-13)14-17-11-5-4-10(18-2)7-12(11)19-14/h3-8H,1-2H3,(H,15,16). The molecule has 2 heterocycles. The molecule has 19 heavy (non-hydrogen) atoms. The highest BCUT2D eigenvalue weighted by Gasteiger charge is 2.07. The molecular weight excluding hydrogens is 258 g/mol. The number of ether oxygens (including phenoxy) is 1. The molecule has 4 nitrogen and oxygen atoms in total. The van der Waals surface area contributed by atoms with Gasteiger partial charge in [0.15, 0.2) is 0 Å². The second-order valence-corrected chi connectivity index (χ2v) is 5.07. The molecule has 5 heteroatoms. The van der Waals surface area contributed by atoms with Gasteiger partial charge in [0.1, 0.15) is 16.6 Å². The molecule has 0 saturated heterocycles. The van der Waals surface area contributed by atoms with E-state index in [9.17, 15) is 0 Å². The van der Waals surface area contributed by atoms with Crippen molar-refractivity contribution in [3.8, 4) is 16.3 Å². The Morgan fingerprint density at radius 1 is 1.21 bits per heavy atom. The molecule has 2 aromatic heterocycles. The maximum atomic E-state index is 5.23. The van der Waals surface area contributed by atoms with Crippen LogP contribution in [0.4, 0.5) is 5.82 Å². The summed E-state index contributed by atoms with van der Waals surface area (Å²) in [5, 5.41) is 3.97. The molecule has 3 rings (SSSR count). The Kier molecular flexibility index (Phi) is 3.05. The zero-order valence-corrected chi connectivity index (χ0v) is 11.5. The molecule has 0 fully saturated rings. The quantitative estimate of drug-likeness (QED) is 0.793. The Balaban J connectivity index is 2.04. The summed E-state index contributed by atoms with van der Waals surface area (Å²) in [5.41, 5.74) is 2.01. The van der Waals surface area contributed by atoms with E-state index in [0.717, 1.165) is 32.4 Å². The van der Waals surface area contributed by atoms with Gasteiger partial charge in [-0.2, -0.15) is 0 Å². The van der Waals surface area contributed by atoms with Gasteiger partial charge in [-0.15, -0.1) is 11.3 Å². The molecule has 3 aromatic rings. The average Bonchev–Trinajstić information content (AvgIpc) is 2.90. The molecule has 96 valence electrons. The van der Waals surface area contributed by atoms with E-state index in [-0.39, 0.29) is 0 Å². The molecule has 1 aromatic carbocycles. The molecule has 0 aliphatic carbocycles. The molecule has 1 N–H and O–H groups in total. The van der Waals surface area contributed by atoms with Crippen LogP contribution in [0.15, 0.2) is 36.5 Å². The van der Waals surface area contributed by atoms with E-state index >= 15 is 0 Å². The van der Waals surface area contributed by atoms with Crippen LogP contribution >= 0.6 is 11.3 Å². The van der Waals surface area contributed by atoms with Crippen molar-refractivity contribution in [2.75, 3.05) is 19.5 Å². The van der Waals surface area contributed by atoms with Gasteiger partial charge >= 0.3 is 0 Å². The van der Waals surface area contributed by atoms with Crippen LogP contribution in [0.2, 0.25) is 0 Å². The number of hydrogen-bond donors (Lipinski definition) is 1. The number of fused-ring (bicyclic) bond motifs is 1. The minimum absolute atomic E-state index is 0.853. The van der Waals surface area contributed by atoms with Gasteiger partial charge in [0.05, 0.1) is 17.3 Å². The number of nitrogens with one attached hydrogen (secondary N) is 1. The third kappa shape index (κ3) is 2.24. The highest BCUT2D eigenvalue weighted by molar-refractivity contribution is 7.21. The minimum atomic E-state index is 0.853. The third-order valence-corrected chi connectivity index (χ3v) is 3.93. The fourth-order valence-corrected chi connectivity index (χ4v) is 2.81. The topological polar surface area (TPSA) is 47.0 Å². The van der Waals surface area contributed by atoms with E-state index in [1.165, 1.54) is 0 Å². The Morgan fingerprint density at radius 3 is 2.79 bits per heavy atom. The van der Waals surface area contributed by atoms with Crippen molar-refractivity contribution in [2.24, 2.45) is 0 Å². The lowest BCUT2D eigenvalue weighted by Crippen LogP contribution is -1.90. The average molecular weight is 271 g/mol. The van der Waals surface area contributed by atoms with Crippen LogP contribution in [0, 0.1) is 0 Å². The van der Waals surface area contributed by atoms with Crippen molar-refractivity contribution >= 4 is 27.4 Å². The van der Waals surface area contributed by atoms with Gasteiger partial charge in [-0.25, -0.2) is 9.97 Å². The van der Waals surface area contributed by atoms with Crippen molar-refractivity contribution in [3.05, 3.63) is 36.5 Å². The summed E-state index contributed by atoms with van der Waals surface area (Å²) in [6, 6.07) is 9.87. The predicted octanol–water partition coefficient (Wildman–Crippen LogP) is 3.41. The lowest BCUT2D eigenvalue weighted by atomic mass is 10.3. The Labute approximate surface area is 115 Å². The first-order valence-corrected chi connectivity index (χ1v) is 6.70. The zero-order chi connectivity index (χ0) is 13.2. The van der Waals surface area contributed by atoms with Crippen LogP contribution in [0.1, 0.15) is 0 Å². The van der Waals surface area contributed by atoms with Crippen molar-refractivity contribution in [2.45, 2.75) is 0 Å². The summed E-state index contributed by atoms with van der Waals surface area (Å²) in [5.74, 6) is 1.71. The third-order valence-electron chi connectivity index (χ3n) is 2.86. The first-order chi connectivity index (χ1) is 9.30. The smallest absolute Gasteiger partial charge is 0.126 e. The van der Waals surface area contributed by atoms with Crippen LogP contribution in [-0.4, -0.2) is 24.1 Å². The highest BCUT2D eigenvalue weighted by atomic mass is 32.1. The number of benzene rings is 1. The van der Waals surface area contributed by atoms with Crippen LogP contribution in [-0.2, 0) is 0 Å². The molecule has 0 atom stereocenters. The number of thiazole rings is 1. The number of rotatable bonds is 3. The van der Waals surface area contributed by atoms with Gasteiger partial charge in [-0.3, -0.25) is 0 Å². The van der Waals surface area contributed by atoms with Gasteiger partial charge in [-0.1, -0.05) is 0 Å². The maximum Gasteiger partial charge on any atom is 0.126 e. The number of nitrogens with zero attached hydrogens (tertiary/aromatic N) is 2.